The van der Waals surface area contributed by atoms with E-state index in [9.17, 15) is 4.79 Å². The number of nitrogens with one attached hydrogen (secondary N) is 1. The van der Waals surface area contributed by atoms with Gasteiger partial charge in [-0.25, -0.2) is 0 Å². The van der Waals surface area contributed by atoms with E-state index < -0.39 is 0 Å². The summed E-state index contributed by atoms with van der Waals surface area (Å²) in [5.41, 5.74) is 2.38. The average Bonchev–Trinajstić information content (AvgIpc) is 3.17. The third kappa shape index (κ3) is 3.88. The fraction of sp³-hybridized carbons (Fsp3) is 0.450. The maximum Gasteiger partial charge on any atom is 0.217 e. The van der Waals surface area contributed by atoms with Gasteiger partial charge in [0.15, 0.2) is 0 Å². The number of rotatable bonds is 5. The van der Waals surface area contributed by atoms with Gasteiger partial charge in [-0.15, -0.1) is 0 Å². The normalized spacial score (nSPS) is 21.3. The molecule has 1 aromatic carbocycles. The SMILES string of the molecule is CC(=O)NC1CN(Cc2cccc(-c3ccco3)c2)CC1C(C)C. The van der Waals surface area contributed by atoms with Crippen LogP contribution in [-0.4, -0.2) is 29.9 Å². The van der Waals surface area contributed by atoms with Crippen LogP contribution in [0.2, 0.25) is 0 Å². The summed E-state index contributed by atoms with van der Waals surface area (Å²) in [4.78, 5) is 13.9. The summed E-state index contributed by atoms with van der Waals surface area (Å²) in [6, 6.07) is 12.6. The third-order valence-electron chi connectivity index (χ3n) is 4.82. The van der Waals surface area contributed by atoms with Gasteiger partial charge in [0.1, 0.15) is 5.76 Å². The summed E-state index contributed by atoms with van der Waals surface area (Å²) in [5, 5.41) is 3.13. The molecule has 2 unspecified atom stereocenters. The fourth-order valence-corrected chi connectivity index (χ4v) is 3.66. The molecule has 4 nitrogen and oxygen atoms in total. The second-order valence-electron chi connectivity index (χ2n) is 7.09. The predicted octanol–water partition coefficient (Wildman–Crippen LogP) is 3.54. The Bertz CT molecular complexity index is 679. The molecule has 1 N–H and O–H groups in total. The third-order valence-corrected chi connectivity index (χ3v) is 4.82. The highest BCUT2D eigenvalue weighted by Gasteiger charge is 2.34. The Hall–Kier alpha value is -2.07. The molecule has 0 spiro atoms. The topological polar surface area (TPSA) is 45.5 Å². The number of hydrogen-bond acceptors (Lipinski definition) is 3. The summed E-state index contributed by atoms with van der Waals surface area (Å²) < 4.78 is 5.49. The molecule has 1 aliphatic rings. The van der Waals surface area contributed by atoms with E-state index in [1.54, 1.807) is 13.2 Å². The van der Waals surface area contributed by atoms with Crippen LogP contribution in [0, 0.1) is 11.8 Å². The molecule has 1 amide bonds. The largest absolute Gasteiger partial charge is 0.464 e. The highest BCUT2D eigenvalue weighted by atomic mass is 16.3. The summed E-state index contributed by atoms with van der Waals surface area (Å²) in [5.74, 6) is 2.02. The minimum atomic E-state index is 0.0623. The van der Waals surface area contributed by atoms with Gasteiger partial charge in [-0.05, 0) is 35.6 Å². The molecule has 0 radical (unpaired) electrons. The van der Waals surface area contributed by atoms with E-state index in [1.165, 1.54) is 5.56 Å². The zero-order valence-corrected chi connectivity index (χ0v) is 14.7. The quantitative estimate of drug-likeness (QED) is 0.914. The van der Waals surface area contributed by atoms with Crippen molar-refractivity contribution >= 4 is 5.91 Å². The Morgan fingerprint density at radius 1 is 1.29 bits per heavy atom. The van der Waals surface area contributed by atoms with Crippen molar-refractivity contribution < 1.29 is 9.21 Å². The summed E-state index contributed by atoms with van der Waals surface area (Å²) in [6.45, 7) is 8.91. The van der Waals surface area contributed by atoms with Crippen LogP contribution in [-0.2, 0) is 11.3 Å². The van der Waals surface area contributed by atoms with Crippen molar-refractivity contribution in [1.82, 2.24) is 10.2 Å². The maximum atomic E-state index is 11.5. The first-order chi connectivity index (χ1) is 11.5. The van der Waals surface area contributed by atoms with Crippen LogP contribution in [0.1, 0.15) is 26.3 Å². The van der Waals surface area contributed by atoms with E-state index in [1.807, 2.05) is 12.1 Å². The number of amides is 1. The van der Waals surface area contributed by atoms with Crippen molar-refractivity contribution in [2.75, 3.05) is 13.1 Å². The molecule has 128 valence electrons. The van der Waals surface area contributed by atoms with Gasteiger partial charge >= 0.3 is 0 Å². The first kappa shape index (κ1) is 16.8. The molecule has 0 saturated carbocycles. The van der Waals surface area contributed by atoms with Gasteiger partial charge in [0.05, 0.1) is 6.26 Å². The zero-order chi connectivity index (χ0) is 17.1. The van der Waals surface area contributed by atoms with Crippen LogP contribution in [0.15, 0.2) is 47.1 Å². The average molecular weight is 326 g/mol. The molecule has 2 heterocycles. The van der Waals surface area contributed by atoms with E-state index >= 15 is 0 Å². The molecule has 3 rings (SSSR count). The first-order valence-electron chi connectivity index (χ1n) is 8.65. The Morgan fingerprint density at radius 2 is 2.12 bits per heavy atom. The predicted molar refractivity (Wildman–Crippen MR) is 95.4 cm³/mol. The molecule has 2 aromatic rings. The summed E-state index contributed by atoms with van der Waals surface area (Å²) >= 11 is 0. The zero-order valence-electron chi connectivity index (χ0n) is 14.7. The summed E-state index contributed by atoms with van der Waals surface area (Å²) in [7, 11) is 0. The van der Waals surface area contributed by atoms with Crippen LogP contribution in [0.5, 0.6) is 0 Å². The molecule has 1 aliphatic heterocycles. The second-order valence-corrected chi connectivity index (χ2v) is 7.09. The minimum Gasteiger partial charge on any atom is -0.464 e. The van der Waals surface area contributed by atoms with Crippen LogP contribution in [0.3, 0.4) is 0 Å². The minimum absolute atomic E-state index is 0.0623. The van der Waals surface area contributed by atoms with E-state index in [4.69, 9.17) is 4.42 Å². The van der Waals surface area contributed by atoms with Crippen molar-refractivity contribution in [3.63, 3.8) is 0 Å². The Kier molecular flexibility index (Phi) is 5.05. The lowest BCUT2D eigenvalue weighted by atomic mass is 9.91. The highest BCUT2D eigenvalue weighted by molar-refractivity contribution is 5.73. The van der Waals surface area contributed by atoms with Crippen LogP contribution >= 0.6 is 0 Å². The van der Waals surface area contributed by atoms with Gasteiger partial charge in [-0.1, -0.05) is 32.0 Å². The van der Waals surface area contributed by atoms with Crippen LogP contribution in [0.4, 0.5) is 0 Å². The number of carbonyl (C=O) groups excluding carboxylic acids is 1. The Labute approximate surface area is 143 Å². The van der Waals surface area contributed by atoms with Crippen molar-refractivity contribution in [3.05, 3.63) is 48.2 Å². The van der Waals surface area contributed by atoms with Gasteiger partial charge in [0.2, 0.25) is 5.91 Å². The standard InChI is InChI=1S/C20H26N2O2/c1-14(2)18-12-22(13-19(18)21-15(3)23)11-16-6-4-7-17(10-16)20-8-5-9-24-20/h4-10,14,18-19H,11-13H2,1-3H3,(H,21,23). The van der Waals surface area contributed by atoms with Crippen molar-refractivity contribution in [2.45, 2.75) is 33.4 Å². The first-order valence-corrected chi connectivity index (χ1v) is 8.65. The Morgan fingerprint density at radius 3 is 2.79 bits per heavy atom. The molecule has 0 bridgehead atoms. The van der Waals surface area contributed by atoms with E-state index in [2.05, 4.69) is 48.3 Å². The van der Waals surface area contributed by atoms with Gasteiger partial charge in [-0.2, -0.15) is 0 Å². The number of benzene rings is 1. The summed E-state index contributed by atoms with van der Waals surface area (Å²) in [6.07, 6.45) is 1.70. The van der Waals surface area contributed by atoms with Crippen LogP contribution in [0.25, 0.3) is 11.3 Å². The number of furan rings is 1. The monoisotopic (exact) mass is 326 g/mol. The number of nitrogens with zero attached hydrogens (tertiary/aromatic N) is 1. The smallest absolute Gasteiger partial charge is 0.217 e. The van der Waals surface area contributed by atoms with Crippen molar-refractivity contribution in [1.29, 1.82) is 0 Å². The maximum absolute atomic E-state index is 11.5. The fourth-order valence-electron chi connectivity index (χ4n) is 3.66. The van der Waals surface area contributed by atoms with Gasteiger partial charge in [-0.3, -0.25) is 9.69 Å². The molecular formula is C20H26N2O2. The molecular weight excluding hydrogens is 300 g/mol. The van der Waals surface area contributed by atoms with Gasteiger partial charge in [0.25, 0.3) is 0 Å². The highest BCUT2D eigenvalue weighted by Crippen LogP contribution is 2.27. The van der Waals surface area contributed by atoms with E-state index in [-0.39, 0.29) is 11.9 Å². The lowest BCUT2D eigenvalue weighted by molar-refractivity contribution is -0.119. The van der Waals surface area contributed by atoms with E-state index in [0.717, 1.165) is 31.0 Å². The van der Waals surface area contributed by atoms with Crippen molar-refractivity contribution in [2.24, 2.45) is 11.8 Å². The molecule has 1 saturated heterocycles. The lowest BCUT2D eigenvalue weighted by Crippen LogP contribution is -2.40. The molecule has 4 heteroatoms. The molecule has 1 aromatic heterocycles. The number of likely N-dealkylation sites (tertiary alicyclic amines) is 1. The van der Waals surface area contributed by atoms with Gasteiger partial charge in [0, 0.05) is 38.2 Å². The van der Waals surface area contributed by atoms with Gasteiger partial charge < -0.3 is 9.73 Å². The molecule has 24 heavy (non-hydrogen) atoms. The lowest BCUT2D eigenvalue weighted by Gasteiger charge is -2.22. The number of hydrogen-bond donors (Lipinski definition) is 1. The molecule has 0 aliphatic carbocycles. The molecule has 1 fully saturated rings. The van der Waals surface area contributed by atoms with Crippen LogP contribution < -0.4 is 5.32 Å². The Balaban J connectivity index is 1.70. The number of carbonyl (C=O) groups is 1. The molecule has 2 atom stereocenters. The van der Waals surface area contributed by atoms with E-state index in [0.29, 0.717) is 11.8 Å². The second kappa shape index (κ2) is 7.22. The van der Waals surface area contributed by atoms with Crippen molar-refractivity contribution in [3.8, 4) is 11.3 Å².